The van der Waals surface area contributed by atoms with E-state index in [9.17, 15) is 14.0 Å². The summed E-state index contributed by atoms with van der Waals surface area (Å²) in [7, 11) is 0. The monoisotopic (exact) mass is 324 g/mol. The third-order valence-electron chi connectivity index (χ3n) is 2.60. The summed E-state index contributed by atoms with van der Waals surface area (Å²) in [6.45, 7) is 0. The van der Waals surface area contributed by atoms with E-state index in [1.807, 2.05) is 0 Å². The Balaban J connectivity index is 2.33. The van der Waals surface area contributed by atoms with Crippen LogP contribution < -0.4 is 11.2 Å². The highest BCUT2D eigenvalue weighted by Crippen LogP contribution is 2.26. The molecule has 0 saturated carbocycles. The molecule has 3 N–H and O–H groups in total. The zero-order valence-corrected chi connectivity index (χ0v) is 10.8. The summed E-state index contributed by atoms with van der Waals surface area (Å²) in [6.07, 6.45) is 0. The van der Waals surface area contributed by atoms with E-state index in [0.717, 1.165) is 0 Å². The molecule has 96 valence electrons. The molecule has 0 bridgehead atoms. The zero-order chi connectivity index (χ0) is 13.6. The van der Waals surface area contributed by atoms with Crippen LogP contribution in [-0.4, -0.2) is 19.9 Å². The van der Waals surface area contributed by atoms with Crippen LogP contribution in [0.5, 0.6) is 0 Å². The zero-order valence-electron chi connectivity index (χ0n) is 9.25. The summed E-state index contributed by atoms with van der Waals surface area (Å²) >= 11 is 3.07. The summed E-state index contributed by atoms with van der Waals surface area (Å²) in [5.74, 6) is -0.332. The first-order valence-electron chi connectivity index (χ1n) is 5.23. The predicted molar refractivity (Wildman–Crippen MR) is 70.4 cm³/mol. The lowest BCUT2D eigenvalue weighted by molar-refractivity contribution is 0.623. The second-order valence-corrected chi connectivity index (χ2v) is 4.67. The van der Waals surface area contributed by atoms with E-state index in [1.54, 1.807) is 12.1 Å². The SMILES string of the molecule is O=c1[nH]c(=O)c2[nH]c(-c3cccc(Br)c3F)nc2[nH]1. The summed E-state index contributed by atoms with van der Waals surface area (Å²) < 4.78 is 14.2. The molecular weight excluding hydrogens is 319 g/mol. The van der Waals surface area contributed by atoms with E-state index in [4.69, 9.17) is 0 Å². The molecule has 19 heavy (non-hydrogen) atoms. The average Bonchev–Trinajstić information content (AvgIpc) is 2.76. The van der Waals surface area contributed by atoms with Crippen molar-refractivity contribution >= 4 is 27.1 Å². The number of hydrogen-bond acceptors (Lipinski definition) is 3. The Hall–Kier alpha value is -2.22. The maximum Gasteiger partial charge on any atom is 0.327 e. The number of rotatable bonds is 1. The Morgan fingerprint density at radius 1 is 1.16 bits per heavy atom. The number of halogens is 2. The Morgan fingerprint density at radius 3 is 2.74 bits per heavy atom. The standard InChI is InChI=1S/C11H6BrFN4O2/c12-5-3-1-2-4(6(5)13)8-14-7-9(15-8)16-11(19)17-10(7)18/h1-3H,(H3,14,15,16,17,18,19). The van der Waals surface area contributed by atoms with Crippen LogP contribution in [-0.2, 0) is 0 Å². The minimum absolute atomic E-state index is 0.0862. The molecule has 0 aliphatic carbocycles. The van der Waals surface area contributed by atoms with Crippen molar-refractivity contribution in [2.24, 2.45) is 0 Å². The number of benzene rings is 1. The van der Waals surface area contributed by atoms with Gasteiger partial charge in [-0.2, -0.15) is 0 Å². The Bertz CT molecular complexity index is 896. The number of aromatic nitrogens is 4. The van der Waals surface area contributed by atoms with Crippen molar-refractivity contribution in [3.05, 3.63) is 49.3 Å². The molecule has 0 saturated heterocycles. The van der Waals surface area contributed by atoms with Crippen LogP contribution in [0.1, 0.15) is 0 Å². The molecule has 0 radical (unpaired) electrons. The number of fused-ring (bicyclic) bond motifs is 1. The highest BCUT2D eigenvalue weighted by atomic mass is 79.9. The Kier molecular flexibility index (Phi) is 2.59. The van der Waals surface area contributed by atoms with Crippen molar-refractivity contribution in [1.82, 2.24) is 19.9 Å². The van der Waals surface area contributed by atoms with Gasteiger partial charge >= 0.3 is 5.69 Å². The maximum absolute atomic E-state index is 13.9. The van der Waals surface area contributed by atoms with Gasteiger partial charge < -0.3 is 4.98 Å². The summed E-state index contributed by atoms with van der Waals surface area (Å²) in [6, 6.07) is 4.71. The van der Waals surface area contributed by atoms with Crippen LogP contribution in [0.2, 0.25) is 0 Å². The van der Waals surface area contributed by atoms with Crippen LogP contribution in [0.4, 0.5) is 4.39 Å². The summed E-state index contributed by atoms with van der Waals surface area (Å²) in [5, 5.41) is 0. The van der Waals surface area contributed by atoms with Crippen molar-refractivity contribution in [2.75, 3.05) is 0 Å². The number of aromatic amines is 3. The van der Waals surface area contributed by atoms with Crippen LogP contribution >= 0.6 is 15.9 Å². The first kappa shape index (κ1) is 11.8. The molecule has 0 unspecified atom stereocenters. The maximum atomic E-state index is 13.9. The van der Waals surface area contributed by atoms with Gasteiger partial charge in [-0.25, -0.2) is 14.2 Å². The number of nitrogens with one attached hydrogen (secondary N) is 3. The predicted octanol–water partition coefficient (Wildman–Crippen LogP) is 1.51. The second kappa shape index (κ2) is 4.16. The fourth-order valence-electron chi connectivity index (χ4n) is 1.75. The minimum Gasteiger partial charge on any atom is -0.332 e. The number of nitrogens with zero attached hydrogens (tertiary/aromatic N) is 1. The minimum atomic E-state index is -0.662. The van der Waals surface area contributed by atoms with Crippen molar-refractivity contribution < 1.29 is 4.39 Å². The number of hydrogen-bond donors (Lipinski definition) is 3. The van der Waals surface area contributed by atoms with Crippen LogP contribution in [0.15, 0.2) is 32.3 Å². The molecular formula is C11H6BrFN4O2. The molecule has 0 amide bonds. The Morgan fingerprint density at radius 2 is 1.95 bits per heavy atom. The topological polar surface area (TPSA) is 94.4 Å². The van der Waals surface area contributed by atoms with E-state index in [2.05, 4.69) is 35.9 Å². The van der Waals surface area contributed by atoms with Crippen molar-refractivity contribution in [2.45, 2.75) is 0 Å². The van der Waals surface area contributed by atoms with Gasteiger partial charge in [-0.1, -0.05) is 6.07 Å². The fraction of sp³-hybridized carbons (Fsp3) is 0. The highest BCUT2D eigenvalue weighted by molar-refractivity contribution is 9.10. The van der Waals surface area contributed by atoms with Gasteiger partial charge in [-0.15, -0.1) is 0 Å². The molecule has 6 nitrogen and oxygen atoms in total. The molecule has 0 aliphatic rings. The molecule has 2 aromatic heterocycles. The van der Waals surface area contributed by atoms with E-state index < -0.39 is 17.1 Å². The van der Waals surface area contributed by atoms with Gasteiger partial charge in [0.25, 0.3) is 5.56 Å². The third kappa shape index (κ3) is 1.89. The molecule has 1 aromatic carbocycles. The van der Waals surface area contributed by atoms with Gasteiger partial charge in [-0.05, 0) is 28.1 Å². The molecule has 0 aliphatic heterocycles. The quantitative estimate of drug-likeness (QED) is 0.633. The van der Waals surface area contributed by atoms with E-state index in [1.165, 1.54) is 6.07 Å². The first-order valence-corrected chi connectivity index (χ1v) is 6.02. The molecule has 0 spiro atoms. The molecule has 3 aromatic rings. The first-order chi connectivity index (χ1) is 9.06. The van der Waals surface area contributed by atoms with Crippen molar-refractivity contribution in [3.63, 3.8) is 0 Å². The van der Waals surface area contributed by atoms with Gasteiger partial charge in [-0.3, -0.25) is 14.8 Å². The van der Waals surface area contributed by atoms with E-state index >= 15 is 0 Å². The molecule has 3 rings (SSSR count). The number of H-pyrrole nitrogens is 3. The van der Waals surface area contributed by atoms with E-state index in [-0.39, 0.29) is 27.0 Å². The number of imidazole rings is 1. The lowest BCUT2D eigenvalue weighted by Crippen LogP contribution is -2.21. The van der Waals surface area contributed by atoms with E-state index in [0.29, 0.717) is 0 Å². The Labute approximate surface area is 112 Å². The van der Waals surface area contributed by atoms with Gasteiger partial charge in [0.15, 0.2) is 5.65 Å². The average molecular weight is 325 g/mol. The van der Waals surface area contributed by atoms with Crippen LogP contribution in [0.25, 0.3) is 22.6 Å². The van der Waals surface area contributed by atoms with Crippen LogP contribution in [0, 0.1) is 5.82 Å². The van der Waals surface area contributed by atoms with Crippen LogP contribution in [0.3, 0.4) is 0 Å². The molecule has 0 fully saturated rings. The summed E-state index contributed by atoms with van der Waals surface area (Å²) in [4.78, 5) is 33.8. The smallest absolute Gasteiger partial charge is 0.327 e. The van der Waals surface area contributed by atoms with Gasteiger partial charge in [0.05, 0.1) is 10.0 Å². The lowest BCUT2D eigenvalue weighted by Gasteiger charge is -2.00. The second-order valence-electron chi connectivity index (χ2n) is 3.82. The van der Waals surface area contributed by atoms with Crippen molar-refractivity contribution in [3.8, 4) is 11.4 Å². The third-order valence-corrected chi connectivity index (χ3v) is 3.21. The normalized spacial score (nSPS) is 11.1. The summed E-state index contributed by atoms with van der Waals surface area (Å²) in [5.41, 5.74) is -0.888. The largest absolute Gasteiger partial charge is 0.332 e. The molecule has 0 atom stereocenters. The van der Waals surface area contributed by atoms with Crippen molar-refractivity contribution in [1.29, 1.82) is 0 Å². The highest BCUT2D eigenvalue weighted by Gasteiger charge is 2.14. The van der Waals surface area contributed by atoms with Gasteiger partial charge in [0, 0.05) is 0 Å². The molecule has 2 heterocycles. The lowest BCUT2D eigenvalue weighted by atomic mass is 10.2. The van der Waals surface area contributed by atoms with Gasteiger partial charge in [0.1, 0.15) is 17.2 Å². The fourth-order valence-corrected chi connectivity index (χ4v) is 2.11. The van der Waals surface area contributed by atoms with Gasteiger partial charge in [0.2, 0.25) is 0 Å². The molecule has 8 heteroatoms.